The highest BCUT2D eigenvalue weighted by atomic mass is 16.5. The zero-order valence-corrected chi connectivity index (χ0v) is 16.4. The molecule has 1 amide bonds. The Hall–Kier alpha value is -3.02. The standard InChI is InChI=1S/C22H28N4O2/c1-18(27)24-20-11-8-12-21(17-20)28-16-13-23-22(26-14-6-3-7-15-26)25-19-9-4-2-5-10-19/h2,4-5,8-12,17H,3,6-7,13-16H2,1H3,(H,23,25)(H,24,27). The molecule has 0 bridgehead atoms. The van der Waals surface area contributed by atoms with E-state index in [1.165, 1.54) is 26.2 Å². The molecular weight excluding hydrogens is 352 g/mol. The first-order valence-corrected chi connectivity index (χ1v) is 9.82. The summed E-state index contributed by atoms with van der Waals surface area (Å²) in [4.78, 5) is 18.3. The van der Waals surface area contributed by atoms with Gasteiger partial charge in [0.15, 0.2) is 5.96 Å². The summed E-state index contributed by atoms with van der Waals surface area (Å²) in [5.41, 5.74) is 1.77. The van der Waals surface area contributed by atoms with Gasteiger partial charge >= 0.3 is 0 Å². The van der Waals surface area contributed by atoms with Crippen LogP contribution in [0.5, 0.6) is 5.75 Å². The van der Waals surface area contributed by atoms with Crippen molar-refractivity contribution >= 4 is 23.2 Å². The fraction of sp³-hybridized carbons (Fsp3) is 0.364. The van der Waals surface area contributed by atoms with Crippen molar-refractivity contribution in [3.63, 3.8) is 0 Å². The van der Waals surface area contributed by atoms with Crippen molar-refractivity contribution in [1.82, 2.24) is 4.90 Å². The van der Waals surface area contributed by atoms with Gasteiger partial charge in [-0.25, -0.2) is 4.99 Å². The second kappa shape index (κ2) is 10.3. The van der Waals surface area contributed by atoms with Gasteiger partial charge in [0.2, 0.25) is 5.91 Å². The first kappa shape index (κ1) is 19.7. The molecule has 1 fully saturated rings. The van der Waals surface area contributed by atoms with Crippen molar-refractivity contribution in [2.75, 3.05) is 36.9 Å². The molecule has 28 heavy (non-hydrogen) atoms. The van der Waals surface area contributed by atoms with Crippen molar-refractivity contribution in [3.8, 4) is 5.75 Å². The van der Waals surface area contributed by atoms with E-state index < -0.39 is 0 Å². The van der Waals surface area contributed by atoms with Crippen LogP contribution in [0.2, 0.25) is 0 Å². The number of para-hydroxylation sites is 1. The molecule has 0 saturated carbocycles. The number of likely N-dealkylation sites (tertiary alicyclic amines) is 1. The van der Waals surface area contributed by atoms with Gasteiger partial charge in [-0.15, -0.1) is 0 Å². The van der Waals surface area contributed by atoms with Crippen LogP contribution >= 0.6 is 0 Å². The third-order valence-corrected chi connectivity index (χ3v) is 4.46. The van der Waals surface area contributed by atoms with Crippen molar-refractivity contribution in [1.29, 1.82) is 0 Å². The lowest BCUT2D eigenvalue weighted by Gasteiger charge is -2.30. The monoisotopic (exact) mass is 380 g/mol. The van der Waals surface area contributed by atoms with E-state index in [1.54, 1.807) is 0 Å². The number of piperidine rings is 1. The van der Waals surface area contributed by atoms with Crippen molar-refractivity contribution < 1.29 is 9.53 Å². The third kappa shape index (κ3) is 6.30. The van der Waals surface area contributed by atoms with Crippen LogP contribution in [-0.2, 0) is 4.79 Å². The van der Waals surface area contributed by atoms with Gasteiger partial charge in [-0.05, 0) is 43.5 Å². The number of amides is 1. The Morgan fingerprint density at radius 2 is 1.75 bits per heavy atom. The Morgan fingerprint density at radius 1 is 1.00 bits per heavy atom. The minimum absolute atomic E-state index is 0.0973. The Kier molecular flexibility index (Phi) is 7.29. The van der Waals surface area contributed by atoms with Gasteiger partial charge in [0.1, 0.15) is 12.4 Å². The molecule has 0 atom stereocenters. The molecule has 3 rings (SSSR count). The van der Waals surface area contributed by atoms with Gasteiger partial charge in [0.05, 0.1) is 6.54 Å². The van der Waals surface area contributed by atoms with E-state index in [1.807, 2.05) is 54.6 Å². The number of rotatable bonds is 6. The molecule has 6 nitrogen and oxygen atoms in total. The average Bonchev–Trinajstić information content (AvgIpc) is 2.71. The Balaban J connectivity index is 1.58. The Morgan fingerprint density at radius 3 is 2.50 bits per heavy atom. The molecule has 1 heterocycles. The zero-order valence-electron chi connectivity index (χ0n) is 16.4. The smallest absolute Gasteiger partial charge is 0.221 e. The number of anilines is 2. The highest BCUT2D eigenvalue weighted by Crippen LogP contribution is 2.17. The number of ether oxygens (including phenoxy) is 1. The van der Waals surface area contributed by atoms with E-state index in [2.05, 4.69) is 15.5 Å². The zero-order chi connectivity index (χ0) is 19.6. The summed E-state index contributed by atoms with van der Waals surface area (Å²) in [5, 5.41) is 6.21. The van der Waals surface area contributed by atoms with E-state index in [0.717, 1.165) is 36.2 Å². The molecule has 0 unspecified atom stereocenters. The van der Waals surface area contributed by atoms with Crippen molar-refractivity contribution in [2.45, 2.75) is 26.2 Å². The molecule has 0 spiro atoms. The first-order chi connectivity index (χ1) is 13.7. The van der Waals surface area contributed by atoms with Crippen LogP contribution in [-0.4, -0.2) is 43.0 Å². The molecule has 0 radical (unpaired) electrons. The molecule has 1 aliphatic rings. The maximum atomic E-state index is 11.2. The second-order valence-corrected chi connectivity index (χ2v) is 6.80. The number of carbonyl (C=O) groups is 1. The van der Waals surface area contributed by atoms with Crippen LogP contribution in [0.25, 0.3) is 0 Å². The maximum Gasteiger partial charge on any atom is 0.221 e. The lowest BCUT2D eigenvalue weighted by Crippen LogP contribution is -2.40. The van der Waals surface area contributed by atoms with E-state index in [0.29, 0.717) is 13.2 Å². The number of aliphatic imine (C=N–C) groups is 1. The fourth-order valence-corrected chi connectivity index (χ4v) is 3.16. The minimum Gasteiger partial charge on any atom is -0.492 e. The summed E-state index contributed by atoms with van der Waals surface area (Å²) in [6.07, 6.45) is 3.67. The van der Waals surface area contributed by atoms with Crippen LogP contribution in [0, 0.1) is 0 Å². The van der Waals surface area contributed by atoms with Gasteiger partial charge in [0, 0.05) is 37.5 Å². The molecule has 148 valence electrons. The quantitative estimate of drug-likeness (QED) is 0.452. The second-order valence-electron chi connectivity index (χ2n) is 6.80. The van der Waals surface area contributed by atoms with E-state index in [4.69, 9.17) is 9.73 Å². The van der Waals surface area contributed by atoms with Crippen LogP contribution in [0.15, 0.2) is 59.6 Å². The van der Waals surface area contributed by atoms with Crippen LogP contribution < -0.4 is 15.4 Å². The Bertz CT molecular complexity index is 786. The number of guanidine groups is 1. The molecule has 2 aromatic carbocycles. The van der Waals surface area contributed by atoms with Crippen molar-refractivity contribution in [3.05, 3.63) is 54.6 Å². The molecule has 1 saturated heterocycles. The summed E-state index contributed by atoms with van der Waals surface area (Å²) >= 11 is 0. The molecule has 2 N–H and O–H groups in total. The fourth-order valence-electron chi connectivity index (χ4n) is 3.16. The normalized spacial score (nSPS) is 14.5. The van der Waals surface area contributed by atoms with E-state index in [9.17, 15) is 4.79 Å². The van der Waals surface area contributed by atoms with Gasteiger partial charge in [0.25, 0.3) is 0 Å². The molecule has 1 aliphatic heterocycles. The molecule has 0 aliphatic carbocycles. The lowest BCUT2D eigenvalue weighted by atomic mass is 10.1. The largest absolute Gasteiger partial charge is 0.492 e. The number of hydrogen-bond donors (Lipinski definition) is 2. The van der Waals surface area contributed by atoms with Gasteiger partial charge in [-0.1, -0.05) is 24.3 Å². The summed E-state index contributed by atoms with van der Waals surface area (Å²) in [6, 6.07) is 17.5. The first-order valence-electron chi connectivity index (χ1n) is 9.82. The van der Waals surface area contributed by atoms with Crippen LogP contribution in [0.4, 0.5) is 11.4 Å². The SMILES string of the molecule is CC(=O)Nc1cccc(OCCN=C(Nc2ccccc2)N2CCCCC2)c1. The molecule has 6 heteroatoms. The predicted octanol–water partition coefficient (Wildman–Crippen LogP) is 3.98. The number of nitrogens with one attached hydrogen (secondary N) is 2. The summed E-state index contributed by atoms with van der Waals surface area (Å²) in [7, 11) is 0. The number of carbonyl (C=O) groups excluding carboxylic acids is 1. The number of benzene rings is 2. The van der Waals surface area contributed by atoms with Crippen LogP contribution in [0.3, 0.4) is 0 Å². The average molecular weight is 380 g/mol. The lowest BCUT2D eigenvalue weighted by molar-refractivity contribution is -0.114. The molecule has 2 aromatic rings. The summed E-state index contributed by atoms with van der Waals surface area (Å²) in [5.74, 6) is 1.53. The number of hydrogen-bond acceptors (Lipinski definition) is 3. The van der Waals surface area contributed by atoms with Gasteiger partial charge in [-0.2, -0.15) is 0 Å². The highest BCUT2D eigenvalue weighted by Gasteiger charge is 2.14. The molecule has 0 aromatic heterocycles. The Labute approximate surface area is 166 Å². The van der Waals surface area contributed by atoms with Crippen molar-refractivity contribution in [2.24, 2.45) is 4.99 Å². The summed E-state index contributed by atoms with van der Waals surface area (Å²) < 4.78 is 5.81. The topological polar surface area (TPSA) is 66.0 Å². The van der Waals surface area contributed by atoms with Gasteiger partial charge < -0.3 is 20.3 Å². The van der Waals surface area contributed by atoms with Crippen LogP contribution in [0.1, 0.15) is 26.2 Å². The van der Waals surface area contributed by atoms with E-state index >= 15 is 0 Å². The third-order valence-electron chi connectivity index (χ3n) is 4.46. The maximum absolute atomic E-state index is 11.2. The van der Waals surface area contributed by atoms with E-state index in [-0.39, 0.29) is 5.91 Å². The minimum atomic E-state index is -0.0973. The van der Waals surface area contributed by atoms with Gasteiger partial charge in [-0.3, -0.25) is 4.79 Å². The molecular formula is C22H28N4O2. The summed E-state index contributed by atoms with van der Waals surface area (Å²) in [6.45, 7) is 4.56. The number of nitrogens with zero attached hydrogens (tertiary/aromatic N) is 2. The predicted molar refractivity (Wildman–Crippen MR) is 114 cm³/mol. The highest BCUT2D eigenvalue weighted by molar-refractivity contribution is 5.93.